The first-order valence-electron chi connectivity index (χ1n) is 17.6. The third-order valence-electron chi connectivity index (χ3n) is 8.88. The molecule has 3 fully saturated rings. The number of hydrogen-bond donors (Lipinski definition) is 1. The molecule has 1 aromatic heterocycles. The van der Waals surface area contributed by atoms with Gasteiger partial charge in [-0.25, -0.2) is 9.37 Å². The lowest BCUT2D eigenvalue weighted by Crippen LogP contribution is -2.50. The molecule has 5 rings (SSSR count). The number of rotatable bonds is 17. The van der Waals surface area contributed by atoms with Gasteiger partial charge in [-0.1, -0.05) is 26.3 Å². The lowest BCUT2D eigenvalue weighted by Gasteiger charge is -2.42. The lowest BCUT2D eigenvalue weighted by molar-refractivity contribution is -0.00611. The van der Waals surface area contributed by atoms with Crippen molar-refractivity contribution < 1.29 is 28.4 Å². The highest BCUT2D eigenvalue weighted by Crippen LogP contribution is 2.37. The Morgan fingerprint density at radius 1 is 0.717 bits per heavy atom. The first-order valence-corrected chi connectivity index (χ1v) is 17.6. The van der Waals surface area contributed by atoms with E-state index in [-0.39, 0.29) is 12.4 Å². The number of ether oxygens (including phenoxy) is 4. The van der Waals surface area contributed by atoms with Gasteiger partial charge < -0.3 is 38.8 Å². The Morgan fingerprint density at radius 2 is 1.37 bits per heavy atom. The van der Waals surface area contributed by atoms with Crippen LogP contribution in [0.2, 0.25) is 0 Å². The molecule has 1 aromatic carbocycles. The van der Waals surface area contributed by atoms with Crippen molar-refractivity contribution in [2.24, 2.45) is 0 Å². The second kappa shape index (κ2) is 20.7. The molecule has 46 heavy (non-hydrogen) atoms. The molecule has 9 nitrogen and oxygen atoms in total. The average Bonchev–Trinajstić information content (AvgIpc) is 3.52. The van der Waals surface area contributed by atoms with Crippen LogP contribution in [0.1, 0.15) is 65.2 Å². The third-order valence-corrected chi connectivity index (χ3v) is 8.88. The van der Waals surface area contributed by atoms with E-state index in [9.17, 15) is 4.39 Å². The molecule has 3 aliphatic rings. The van der Waals surface area contributed by atoms with Crippen LogP contribution in [0, 0.1) is 5.82 Å². The van der Waals surface area contributed by atoms with Gasteiger partial charge in [0.1, 0.15) is 11.6 Å². The number of halogens is 1. The molecule has 0 amide bonds. The van der Waals surface area contributed by atoms with Crippen LogP contribution in [0.5, 0.6) is 0 Å². The summed E-state index contributed by atoms with van der Waals surface area (Å²) in [6.07, 6.45) is 11.1. The van der Waals surface area contributed by atoms with Crippen LogP contribution < -0.4 is 14.7 Å². The number of nitrogens with zero attached hydrogens (tertiary/aromatic N) is 4. The Kier molecular flexibility index (Phi) is 16.3. The highest BCUT2D eigenvalue weighted by atomic mass is 19.1. The molecule has 258 valence electrons. The van der Waals surface area contributed by atoms with Crippen LogP contribution in [-0.4, -0.2) is 107 Å². The van der Waals surface area contributed by atoms with E-state index in [0.29, 0.717) is 71.0 Å². The van der Waals surface area contributed by atoms with Crippen molar-refractivity contribution in [3.8, 4) is 0 Å². The van der Waals surface area contributed by atoms with Gasteiger partial charge in [-0.2, -0.15) is 0 Å². The maximum absolute atomic E-state index is 14.0. The molecule has 0 saturated carbocycles. The molecular formula is C36H57FN4O5. The monoisotopic (exact) mass is 644 g/mol. The molecule has 2 aromatic rings. The molecule has 1 N–H and O–H groups in total. The number of benzene rings is 1. The minimum atomic E-state index is -0.169. The maximum Gasteiger partial charge on any atom is 0.130 e. The van der Waals surface area contributed by atoms with Crippen LogP contribution in [0.15, 0.2) is 42.6 Å². The molecule has 0 radical (unpaired) electrons. The predicted octanol–water partition coefficient (Wildman–Crippen LogP) is 5.69. The van der Waals surface area contributed by atoms with Gasteiger partial charge in [0.2, 0.25) is 0 Å². The molecule has 3 atom stereocenters. The Balaban J connectivity index is 0.00000154. The van der Waals surface area contributed by atoms with E-state index in [1.54, 1.807) is 6.07 Å². The number of anilines is 3. The fraction of sp³-hybridized carbons (Fsp3) is 0.694. The molecule has 3 unspecified atom stereocenters. The van der Waals surface area contributed by atoms with Crippen LogP contribution in [0.4, 0.5) is 21.6 Å². The summed E-state index contributed by atoms with van der Waals surface area (Å²) in [6.45, 7) is 11.5. The molecule has 0 bridgehead atoms. The molecule has 0 spiro atoms. The van der Waals surface area contributed by atoms with Crippen molar-refractivity contribution in [3.63, 3.8) is 0 Å². The normalized spacial score (nSPS) is 21.2. The number of pyridine rings is 1. The van der Waals surface area contributed by atoms with Crippen molar-refractivity contribution >= 4 is 17.2 Å². The van der Waals surface area contributed by atoms with Crippen molar-refractivity contribution in [2.45, 2.75) is 83.3 Å². The fourth-order valence-corrected chi connectivity index (χ4v) is 6.88. The summed E-state index contributed by atoms with van der Waals surface area (Å²) >= 11 is 0. The lowest BCUT2D eigenvalue weighted by atomic mass is 9.96. The Labute approximate surface area is 276 Å². The molecule has 4 heterocycles. The van der Waals surface area contributed by atoms with Gasteiger partial charge in [0, 0.05) is 55.9 Å². The van der Waals surface area contributed by atoms with Gasteiger partial charge >= 0.3 is 0 Å². The zero-order valence-corrected chi connectivity index (χ0v) is 28.2. The Bertz CT molecular complexity index is 1110. The zero-order valence-electron chi connectivity index (χ0n) is 28.2. The average molecular weight is 645 g/mol. The van der Waals surface area contributed by atoms with E-state index in [2.05, 4.69) is 40.7 Å². The second-order valence-electron chi connectivity index (χ2n) is 12.3. The van der Waals surface area contributed by atoms with Crippen molar-refractivity contribution in [1.82, 2.24) is 4.98 Å². The van der Waals surface area contributed by atoms with E-state index >= 15 is 0 Å². The summed E-state index contributed by atoms with van der Waals surface area (Å²) in [6, 6.07) is 12.7. The van der Waals surface area contributed by atoms with Gasteiger partial charge in [-0.15, -0.1) is 0 Å². The summed E-state index contributed by atoms with van der Waals surface area (Å²) in [7, 11) is 0. The van der Waals surface area contributed by atoms with E-state index in [0.717, 1.165) is 56.8 Å². The smallest absolute Gasteiger partial charge is 0.130 e. The third kappa shape index (κ3) is 11.0. The molecule has 10 heteroatoms. The van der Waals surface area contributed by atoms with E-state index in [1.165, 1.54) is 37.4 Å². The highest BCUT2D eigenvalue weighted by Gasteiger charge is 2.41. The Hall–Kier alpha value is -2.50. The SMILES string of the molecule is CCC.OCCOCCOCCOCCOCCC1CCCCN1c1ccnc(N2CCC3C2CCCN3c2cccc(F)c2)c1. The van der Waals surface area contributed by atoms with E-state index in [1.807, 2.05) is 18.3 Å². The summed E-state index contributed by atoms with van der Waals surface area (Å²) in [4.78, 5) is 12.3. The number of aliphatic hydroxyl groups is 1. The maximum atomic E-state index is 14.0. The van der Waals surface area contributed by atoms with Crippen molar-refractivity contribution in [1.29, 1.82) is 0 Å². The number of hydrogen-bond acceptors (Lipinski definition) is 9. The summed E-state index contributed by atoms with van der Waals surface area (Å²) in [5.74, 6) is 0.892. The van der Waals surface area contributed by atoms with E-state index in [4.69, 9.17) is 29.0 Å². The van der Waals surface area contributed by atoms with Crippen LogP contribution in [0.3, 0.4) is 0 Å². The van der Waals surface area contributed by atoms with E-state index < -0.39 is 0 Å². The molecule has 3 saturated heterocycles. The van der Waals surface area contributed by atoms with Crippen LogP contribution in [0.25, 0.3) is 0 Å². The van der Waals surface area contributed by atoms with Gasteiger partial charge in [0.15, 0.2) is 0 Å². The van der Waals surface area contributed by atoms with Crippen molar-refractivity contribution in [2.75, 3.05) is 93.8 Å². The summed E-state index contributed by atoms with van der Waals surface area (Å²) < 4.78 is 36.1. The van der Waals surface area contributed by atoms with Crippen LogP contribution >= 0.6 is 0 Å². The van der Waals surface area contributed by atoms with Crippen molar-refractivity contribution in [3.05, 3.63) is 48.4 Å². The van der Waals surface area contributed by atoms with Gasteiger partial charge in [0.05, 0.1) is 64.9 Å². The molecular weight excluding hydrogens is 587 g/mol. The first kappa shape index (κ1) is 36.3. The number of fused-ring (bicyclic) bond motifs is 1. The quantitative estimate of drug-likeness (QED) is 0.219. The molecule has 3 aliphatic heterocycles. The Morgan fingerprint density at radius 3 is 2.09 bits per heavy atom. The van der Waals surface area contributed by atoms with Gasteiger partial charge in [-0.05, 0) is 69.2 Å². The van der Waals surface area contributed by atoms with Crippen LogP contribution in [-0.2, 0) is 18.9 Å². The number of piperidine rings is 2. The largest absolute Gasteiger partial charge is 0.394 e. The summed E-state index contributed by atoms with van der Waals surface area (Å²) in [5, 5.41) is 8.67. The topological polar surface area (TPSA) is 79.8 Å². The standard InChI is InChI=1S/C33H49FN4O5.C3H8/c34-27-5-3-7-29(25-27)37-14-4-8-31-32(37)10-15-38(31)33-26-30(9-12-35-33)36-13-2-1-6-28(36)11-17-40-19-21-42-23-24-43-22-20-41-18-16-39;1-3-2/h3,5,7,9,12,25-26,28,31-32,39H,1-2,4,6,8,10-11,13-24H2;3H2,1-2H3. The molecule has 0 aliphatic carbocycles. The highest BCUT2D eigenvalue weighted by molar-refractivity contribution is 5.58. The first-order chi connectivity index (χ1) is 22.7. The fourth-order valence-electron chi connectivity index (χ4n) is 6.88. The zero-order chi connectivity index (χ0) is 32.4. The minimum Gasteiger partial charge on any atom is -0.394 e. The second-order valence-corrected chi connectivity index (χ2v) is 12.3. The minimum absolute atomic E-state index is 0.0342. The predicted molar refractivity (Wildman–Crippen MR) is 183 cm³/mol. The number of aromatic nitrogens is 1. The van der Waals surface area contributed by atoms with Gasteiger partial charge in [-0.3, -0.25) is 0 Å². The van der Waals surface area contributed by atoms with Gasteiger partial charge in [0.25, 0.3) is 0 Å². The summed E-state index contributed by atoms with van der Waals surface area (Å²) in [5.41, 5.74) is 2.25. The number of aliphatic hydroxyl groups excluding tert-OH is 1.